The number of likely N-dealkylation sites (N-methyl/N-ethyl adjacent to an activating group) is 1. The minimum Gasteiger partial charge on any atom is -0.449 e. The second kappa shape index (κ2) is 4.77. The Hall–Kier alpha value is -1.08. The van der Waals surface area contributed by atoms with E-state index in [1.807, 2.05) is 0 Å². The zero-order valence-electron chi connectivity index (χ0n) is 6.05. The summed E-state index contributed by atoms with van der Waals surface area (Å²) in [5.41, 5.74) is 0. The van der Waals surface area contributed by atoms with Crippen LogP contribution in [0.25, 0.3) is 0 Å². The van der Waals surface area contributed by atoms with E-state index in [-0.39, 0.29) is 12.6 Å². The monoisotopic (exact) mass is 142 g/mol. The number of carbonyl (C=O) groups excluding carboxylic acids is 1. The highest BCUT2D eigenvalue weighted by atomic mass is 16.5. The first-order valence-electron chi connectivity index (χ1n) is 2.93. The maximum Gasteiger partial charge on any atom is 0.323 e. The molecular weight excluding hydrogens is 132 g/mol. The van der Waals surface area contributed by atoms with Gasteiger partial charge in [-0.3, -0.25) is 4.79 Å². The molecule has 0 spiro atoms. The second-order valence-electron chi connectivity index (χ2n) is 1.78. The summed E-state index contributed by atoms with van der Waals surface area (Å²) in [6, 6.07) is 1.37. The van der Waals surface area contributed by atoms with Crippen LogP contribution in [0, 0.1) is 11.3 Å². The predicted molar refractivity (Wildman–Crippen MR) is 35.1 cm³/mol. The van der Waals surface area contributed by atoms with Crippen molar-refractivity contribution in [1.29, 1.82) is 5.26 Å². The summed E-state index contributed by atoms with van der Waals surface area (Å²) in [6.45, 7) is 1.49. The van der Waals surface area contributed by atoms with Crippen LogP contribution in [-0.4, -0.2) is 25.7 Å². The number of ether oxygens (including phenoxy) is 1. The van der Waals surface area contributed by atoms with Crippen LogP contribution in [0.1, 0.15) is 6.92 Å². The molecule has 0 heterocycles. The molecule has 0 saturated heterocycles. The van der Waals surface area contributed by atoms with E-state index in [2.05, 4.69) is 10.1 Å². The Morgan fingerprint density at radius 1 is 1.90 bits per heavy atom. The van der Waals surface area contributed by atoms with Gasteiger partial charge in [0, 0.05) is 0 Å². The number of rotatable bonds is 3. The van der Waals surface area contributed by atoms with Crippen molar-refractivity contribution in [2.24, 2.45) is 0 Å². The highest BCUT2D eigenvalue weighted by molar-refractivity contribution is 5.75. The fourth-order valence-electron chi connectivity index (χ4n) is 0.346. The third-order valence-electron chi connectivity index (χ3n) is 1.07. The van der Waals surface area contributed by atoms with E-state index < -0.39 is 5.97 Å². The van der Waals surface area contributed by atoms with Gasteiger partial charge in [0.1, 0.15) is 12.1 Å². The van der Waals surface area contributed by atoms with Gasteiger partial charge in [-0.05, 0) is 14.0 Å². The number of carbonyl (C=O) groups is 1. The largest absolute Gasteiger partial charge is 0.449 e. The first-order valence-corrected chi connectivity index (χ1v) is 2.93. The number of nitriles is 1. The fraction of sp³-hybridized carbons (Fsp3) is 0.667. The molecule has 0 aromatic heterocycles. The summed E-state index contributed by atoms with van der Waals surface area (Å²) in [5, 5.41) is 10.7. The van der Waals surface area contributed by atoms with Crippen LogP contribution < -0.4 is 5.32 Å². The summed E-state index contributed by atoms with van der Waals surface area (Å²) in [4.78, 5) is 10.7. The molecule has 1 atom stereocenters. The Labute approximate surface area is 59.8 Å². The van der Waals surface area contributed by atoms with Gasteiger partial charge < -0.3 is 10.1 Å². The van der Waals surface area contributed by atoms with Gasteiger partial charge in [-0.2, -0.15) is 5.26 Å². The Kier molecular flexibility index (Phi) is 4.25. The first-order chi connectivity index (χ1) is 4.72. The van der Waals surface area contributed by atoms with Gasteiger partial charge in [-0.1, -0.05) is 0 Å². The summed E-state index contributed by atoms with van der Waals surface area (Å²) < 4.78 is 4.48. The van der Waals surface area contributed by atoms with Crippen molar-refractivity contribution < 1.29 is 9.53 Å². The van der Waals surface area contributed by atoms with Crippen LogP contribution in [0.2, 0.25) is 0 Å². The maximum atomic E-state index is 10.7. The van der Waals surface area contributed by atoms with Crippen molar-refractivity contribution in [2.75, 3.05) is 13.7 Å². The van der Waals surface area contributed by atoms with Gasteiger partial charge in [0.05, 0.1) is 0 Å². The smallest absolute Gasteiger partial charge is 0.323 e. The average Bonchev–Trinajstić information content (AvgIpc) is 1.98. The number of nitrogens with zero attached hydrogens (tertiary/aromatic N) is 1. The van der Waals surface area contributed by atoms with E-state index in [1.54, 1.807) is 20.0 Å². The van der Waals surface area contributed by atoms with Gasteiger partial charge in [0.25, 0.3) is 0 Å². The van der Waals surface area contributed by atoms with Crippen LogP contribution in [0.15, 0.2) is 0 Å². The van der Waals surface area contributed by atoms with Gasteiger partial charge >= 0.3 is 5.97 Å². The fourth-order valence-corrected chi connectivity index (χ4v) is 0.346. The van der Waals surface area contributed by atoms with Crippen molar-refractivity contribution in [2.45, 2.75) is 13.0 Å². The van der Waals surface area contributed by atoms with Gasteiger partial charge in [-0.15, -0.1) is 0 Å². The zero-order valence-corrected chi connectivity index (χ0v) is 6.05. The lowest BCUT2D eigenvalue weighted by molar-refractivity contribution is -0.144. The molecule has 0 aliphatic carbocycles. The summed E-state index contributed by atoms with van der Waals surface area (Å²) in [7, 11) is 1.65. The van der Waals surface area contributed by atoms with E-state index in [1.165, 1.54) is 0 Å². The van der Waals surface area contributed by atoms with E-state index in [0.717, 1.165) is 0 Å². The summed E-state index contributed by atoms with van der Waals surface area (Å²) in [6.07, 6.45) is 0. The van der Waals surface area contributed by atoms with E-state index in [9.17, 15) is 4.79 Å². The second-order valence-corrected chi connectivity index (χ2v) is 1.78. The van der Waals surface area contributed by atoms with Crippen molar-refractivity contribution in [3.05, 3.63) is 0 Å². The SMILES string of the molecule is CNC(C)C(=O)OCC#N. The van der Waals surface area contributed by atoms with Gasteiger partial charge in [0.2, 0.25) is 0 Å². The quantitative estimate of drug-likeness (QED) is 0.547. The van der Waals surface area contributed by atoms with Crippen LogP contribution in [0.5, 0.6) is 0 Å². The van der Waals surface area contributed by atoms with E-state index >= 15 is 0 Å². The predicted octanol–water partition coefficient (Wildman–Crippen LogP) is -0.339. The number of nitrogens with one attached hydrogen (secondary N) is 1. The number of esters is 1. The van der Waals surface area contributed by atoms with Crippen molar-refractivity contribution in [3.8, 4) is 6.07 Å². The standard InChI is InChI=1S/C6H10N2O2/c1-5(8-2)6(9)10-4-3-7/h5,8H,4H2,1-2H3. The first kappa shape index (κ1) is 8.92. The number of hydrogen-bond donors (Lipinski definition) is 1. The Morgan fingerprint density at radius 3 is 2.90 bits per heavy atom. The van der Waals surface area contributed by atoms with Crippen LogP contribution in [-0.2, 0) is 9.53 Å². The molecule has 0 aliphatic heterocycles. The minimum absolute atomic E-state index is 0.176. The van der Waals surface area contributed by atoms with Crippen molar-refractivity contribution in [1.82, 2.24) is 5.32 Å². The molecule has 56 valence electrons. The highest BCUT2D eigenvalue weighted by Crippen LogP contribution is 1.84. The molecule has 1 N–H and O–H groups in total. The normalized spacial score (nSPS) is 11.7. The molecule has 0 fully saturated rings. The Morgan fingerprint density at radius 2 is 2.50 bits per heavy atom. The average molecular weight is 142 g/mol. The van der Waals surface area contributed by atoms with E-state index in [0.29, 0.717) is 0 Å². The van der Waals surface area contributed by atoms with Crippen molar-refractivity contribution in [3.63, 3.8) is 0 Å². The van der Waals surface area contributed by atoms with Crippen LogP contribution >= 0.6 is 0 Å². The van der Waals surface area contributed by atoms with Gasteiger partial charge in [0.15, 0.2) is 6.61 Å². The summed E-state index contributed by atoms with van der Waals surface area (Å²) >= 11 is 0. The minimum atomic E-state index is -0.399. The molecule has 0 aliphatic rings. The molecule has 0 aromatic carbocycles. The molecule has 0 aromatic rings. The maximum absolute atomic E-state index is 10.7. The lowest BCUT2D eigenvalue weighted by atomic mass is 10.3. The van der Waals surface area contributed by atoms with Gasteiger partial charge in [-0.25, -0.2) is 0 Å². The third-order valence-corrected chi connectivity index (χ3v) is 1.07. The Bertz CT molecular complexity index is 150. The number of hydrogen-bond acceptors (Lipinski definition) is 4. The topological polar surface area (TPSA) is 62.1 Å². The molecule has 0 rings (SSSR count). The molecule has 10 heavy (non-hydrogen) atoms. The molecule has 4 heteroatoms. The molecular formula is C6H10N2O2. The van der Waals surface area contributed by atoms with Crippen LogP contribution in [0.3, 0.4) is 0 Å². The molecule has 0 amide bonds. The lowest BCUT2D eigenvalue weighted by Gasteiger charge is -2.06. The Balaban J connectivity index is 3.54. The van der Waals surface area contributed by atoms with Crippen molar-refractivity contribution >= 4 is 5.97 Å². The molecule has 4 nitrogen and oxygen atoms in total. The molecule has 0 saturated carbocycles. The zero-order chi connectivity index (χ0) is 7.98. The molecule has 0 radical (unpaired) electrons. The van der Waals surface area contributed by atoms with E-state index in [4.69, 9.17) is 5.26 Å². The molecule has 0 bridgehead atoms. The summed E-state index contributed by atoms with van der Waals surface area (Å²) in [5.74, 6) is -0.399. The third kappa shape index (κ3) is 3.05. The molecule has 1 unspecified atom stereocenters. The lowest BCUT2D eigenvalue weighted by Crippen LogP contribution is -2.32. The highest BCUT2D eigenvalue weighted by Gasteiger charge is 2.09. The van der Waals surface area contributed by atoms with Crippen LogP contribution in [0.4, 0.5) is 0 Å².